The third kappa shape index (κ3) is 4.16. The summed E-state index contributed by atoms with van der Waals surface area (Å²) >= 11 is 4.37. The zero-order valence-electron chi connectivity index (χ0n) is 10.7. The van der Waals surface area contributed by atoms with Crippen molar-refractivity contribution in [3.63, 3.8) is 0 Å². The van der Waals surface area contributed by atoms with E-state index in [1.54, 1.807) is 12.0 Å². The molecule has 0 radical (unpaired) electrons. The first kappa shape index (κ1) is 14.7. The van der Waals surface area contributed by atoms with E-state index in [-0.39, 0.29) is 0 Å². The molecule has 0 saturated heterocycles. The minimum atomic E-state index is 0.527. The van der Waals surface area contributed by atoms with Gasteiger partial charge in [-0.05, 0) is 53.5 Å². The number of hydrogen-bond acceptors (Lipinski definition) is 4. The summed E-state index contributed by atoms with van der Waals surface area (Å²) in [5.74, 6) is 0. The summed E-state index contributed by atoms with van der Waals surface area (Å²) in [4.78, 5) is 1.57. The highest BCUT2D eigenvalue weighted by atomic mass is 127. The van der Waals surface area contributed by atoms with E-state index in [0.717, 1.165) is 13.2 Å². The molecule has 1 heterocycles. The van der Waals surface area contributed by atoms with Crippen LogP contribution in [0.2, 0.25) is 0 Å². The summed E-state index contributed by atoms with van der Waals surface area (Å²) in [6, 6.07) is 2.86. The molecule has 18 heavy (non-hydrogen) atoms. The molecule has 0 saturated carbocycles. The third-order valence-electron chi connectivity index (χ3n) is 3.15. The van der Waals surface area contributed by atoms with Crippen LogP contribution in [0.3, 0.4) is 0 Å². The van der Waals surface area contributed by atoms with Crippen LogP contribution in [0.1, 0.15) is 29.3 Å². The Morgan fingerprint density at radius 3 is 3.17 bits per heavy atom. The van der Waals surface area contributed by atoms with Gasteiger partial charge in [0.1, 0.15) is 0 Å². The first-order chi connectivity index (χ1) is 8.81. The van der Waals surface area contributed by atoms with Crippen LogP contribution < -0.4 is 5.32 Å². The highest BCUT2D eigenvalue weighted by Crippen LogP contribution is 2.36. The highest BCUT2D eigenvalue weighted by molar-refractivity contribution is 14.1. The molecule has 5 heteroatoms. The van der Waals surface area contributed by atoms with Gasteiger partial charge in [0.05, 0.1) is 22.7 Å². The van der Waals surface area contributed by atoms with Crippen molar-refractivity contribution in [2.24, 2.45) is 0 Å². The fraction of sp³-hybridized carbons (Fsp3) is 0.692. The molecule has 0 aliphatic heterocycles. The first-order valence-corrected chi connectivity index (χ1v) is 8.29. The van der Waals surface area contributed by atoms with E-state index >= 15 is 0 Å². The Morgan fingerprint density at radius 2 is 2.33 bits per heavy atom. The predicted octanol–water partition coefficient (Wildman–Crippen LogP) is 2.98. The van der Waals surface area contributed by atoms with Crippen LogP contribution in [0.5, 0.6) is 0 Å². The summed E-state index contributed by atoms with van der Waals surface area (Å²) in [5.41, 5.74) is 1.52. The second-order valence-corrected chi connectivity index (χ2v) is 7.46. The Hall–Kier alpha value is 0.310. The summed E-state index contributed by atoms with van der Waals surface area (Å²) in [7, 11) is 1.70. The second kappa shape index (κ2) is 7.79. The molecule has 1 aliphatic carbocycles. The number of halogens is 1. The van der Waals surface area contributed by atoms with E-state index in [2.05, 4.69) is 34.0 Å². The number of rotatable bonds is 7. The van der Waals surface area contributed by atoms with Gasteiger partial charge in [0.2, 0.25) is 0 Å². The molecule has 0 aromatic carbocycles. The van der Waals surface area contributed by atoms with E-state index in [4.69, 9.17) is 9.47 Å². The van der Waals surface area contributed by atoms with Crippen molar-refractivity contribution in [1.29, 1.82) is 0 Å². The van der Waals surface area contributed by atoms with Gasteiger partial charge in [-0.2, -0.15) is 0 Å². The van der Waals surface area contributed by atoms with Crippen molar-refractivity contribution < 1.29 is 9.47 Å². The Bertz CT molecular complexity index is 370. The van der Waals surface area contributed by atoms with E-state index in [1.807, 2.05) is 11.3 Å². The van der Waals surface area contributed by atoms with Gasteiger partial charge >= 0.3 is 0 Å². The van der Waals surface area contributed by atoms with Gasteiger partial charge in [-0.15, -0.1) is 11.3 Å². The Morgan fingerprint density at radius 1 is 1.44 bits per heavy atom. The lowest BCUT2D eigenvalue weighted by Gasteiger charge is -2.23. The molecule has 1 aromatic rings. The molecule has 1 aromatic heterocycles. The number of hydrogen-bond donors (Lipinski definition) is 1. The molecule has 3 nitrogen and oxygen atoms in total. The number of fused-ring (bicyclic) bond motifs is 1. The van der Waals surface area contributed by atoms with Crippen LogP contribution in [-0.2, 0) is 15.9 Å². The maximum Gasteiger partial charge on any atom is 0.0700 e. The maximum atomic E-state index is 5.47. The number of methoxy groups -OCH3 is 1. The minimum absolute atomic E-state index is 0.527. The van der Waals surface area contributed by atoms with Gasteiger partial charge in [-0.3, -0.25) is 0 Å². The average Bonchev–Trinajstić information content (AvgIpc) is 2.74. The van der Waals surface area contributed by atoms with Crippen LogP contribution in [0.25, 0.3) is 0 Å². The molecule has 2 rings (SSSR count). The lowest BCUT2D eigenvalue weighted by molar-refractivity contribution is 0.0708. The fourth-order valence-corrected chi connectivity index (χ4v) is 4.40. The molecule has 0 bridgehead atoms. The molecule has 0 amide bonds. The number of thiophene rings is 1. The lowest BCUT2D eigenvalue weighted by Crippen LogP contribution is -2.27. The Balaban J connectivity index is 1.74. The van der Waals surface area contributed by atoms with Crippen LogP contribution in [0.15, 0.2) is 6.07 Å². The normalized spacial score (nSPS) is 18.9. The van der Waals surface area contributed by atoms with Gasteiger partial charge < -0.3 is 14.8 Å². The molecule has 0 fully saturated rings. The molecule has 1 N–H and O–H groups in total. The van der Waals surface area contributed by atoms with Gasteiger partial charge in [-0.1, -0.05) is 0 Å². The molecule has 1 unspecified atom stereocenters. The van der Waals surface area contributed by atoms with Crippen molar-refractivity contribution in [1.82, 2.24) is 5.32 Å². The van der Waals surface area contributed by atoms with Crippen molar-refractivity contribution in [2.45, 2.75) is 25.3 Å². The Kier molecular flexibility index (Phi) is 6.37. The lowest BCUT2D eigenvalue weighted by atomic mass is 9.94. The summed E-state index contributed by atoms with van der Waals surface area (Å²) in [6.07, 6.45) is 3.80. The molecular formula is C13H20INO2S. The van der Waals surface area contributed by atoms with Crippen LogP contribution >= 0.6 is 33.9 Å². The summed E-state index contributed by atoms with van der Waals surface area (Å²) < 4.78 is 11.8. The van der Waals surface area contributed by atoms with Gasteiger partial charge in [0.25, 0.3) is 0 Å². The van der Waals surface area contributed by atoms with Crippen molar-refractivity contribution in [2.75, 3.05) is 33.5 Å². The van der Waals surface area contributed by atoms with Crippen molar-refractivity contribution in [3.05, 3.63) is 19.4 Å². The molecule has 1 atom stereocenters. The van der Waals surface area contributed by atoms with Gasteiger partial charge in [0.15, 0.2) is 0 Å². The predicted molar refractivity (Wildman–Crippen MR) is 83.4 cm³/mol. The summed E-state index contributed by atoms with van der Waals surface area (Å²) in [6.45, 7) is 3.04. The van der Waals surface area contributed by atoms with Gasteiger partial charge in [-0.25, -0.2) is 0 Å². The van der Waals surface area contributed by atoms with Gasteiger partial charge in [0, 0.05) is 24.6 Å². The number of nitrogens with one attached hydrogen (secondary N) is 1. The maximum absolute atomic E-state index is 5.47. The van der Waals surface area contributed by atoms with E-state index < -0.39 is 0 Å². The van der Waals surface area contributed by atoms with E-state index in [0.29, 0.717) is 19.3 Å². The smallest absolute Gasteiger partial charge is 0.0700 e. The number of aryl methyl sites for hydroxylation is 1. The average molecular weight is 381 g/mol. The second-order valence-electron chi connectivity index (χ2n) is 4.43. The third-order valence-corrected chi connectivity index (χ3v) is 5.12. The fourth-order valence-electron chi connectivity index (χ4n) is 2.28. The van der Waals surface area contributed by atoms with E-state index in [9.17, 15) is 0 Å². The first-order valence-electron chi connectivity index (χ1n) is 6.39. The minimum Gasteiger partial charge on any atom is -0.382 e. The molecule has 0 spiro atoms. The summed E-state index contributed by atoms with van der Waals surface area (Å²) in [5, 5.41) is 3.61. The molecular weight excluding hydrogens is 361 g/mol. The van der Waals surface area contributed by atoms with E-state index in [1.165, 1.54) is 27.7 Å². The van der Waals surface area contributed by atoms with Crippen LogP contribution in [0, 0.1) is 2.88 Å². The quantitative estimate of drug-likeness (QED) is 0.582. The zero-order chi connectivity index (χ0) is 12.8. The number of ether oxygens (including phenoxy) is 2. The highest BCUT2D eigenvalue weighted by Gasteiger charge is 2.21. The monoisotopic (exact) mass is 381 g/mol. The standard InChI is InChI=1S/C13H20INO2S/c1-16-7-8-17-6-5-15-11-3-2-4-12-10(11)9-13(14)18-12/h9,11,15H,2-8H2,1H3. The van der Waals surface area contributed by atoms with Crippen LogP contribution in [-0.4, -0.2) is 33.5 Å². The topological polar surface area (TPSA) is 30.5 Å². The van der Waals surface area contributed by atoms with Crippen molar-refractivity contribution in [3.8, 4) is 0 Å². The van der Waals surface area contributed by atoms with Crippen LogP contribution in [0.4, 0.5) is 0 Å². The Labute approximate surface area is 126 Å². The molecule has 102 valence electrons. The zero-order valence-corrected chi connectivity index (χ0v) is 13.7. The van der Waals surface area contributed by atoms with Crippen molar-refractivity contribution >= 4 is 33.9 Å². The SMILES string of the molecule is COCCOCCNC1CCCc2sc(I)cc21. The molecule has 1 aliphatic rings. The largest absolute Gasteiger partial charge is 0.382 e.